The van der Waals surface area contributed by atoms with E-state index >= 15 is 0 Å². The van der Waals surface area contributed by atoms with E-state index in [1.54, 1.807) is 51.1 Å². The molecular weight excluding hydrogens is 435 g/mol. The van der Waals surface area contributed by atoms with Crippen LogP contribution in [0.5, 0.6) is 0 Å². The molecule has 0 radical (unpaired) electrons. The standard InChI is InChI=1S/C24H26F3N3O3/c1-23(2,3)33-22(32)29-13-11-16(12-14-29)30-20-18(28-21(30)31)10-9-17(19(20)24(25,26)27)15-7-5-4-6-8-15/h4-10,16H,11-14H2,1-3H3,(H,28,31). The van der Waals surface area contributed by atoms with Crippen molar-refractivity contribution in [1.82, 2.24) is 14.5 Å². The molecule has 33 heavy (non-hydrogen) atoms. The van der Waals surface area contributed by atoms with Gasteiger partial charge in [-0.05, 0) is 50.8 Å². The van der Waals surface area contributed by atoms with Crippen molar-refractivity contribution in [3.05, 3.63) is 58.5 Å². The molecule has 0 bridgehead atoms. The molecule has 2 heterocycles. The lowest BCUT2D eigenvalue weighted by molar-refractivity contribution is -0.136. The number of carbonyl (C=O) groups excluding carboxylic acids is 1. The molecule has 4 rings (SSSR count). The van der Waals surface area contributed by atoms with Gasteiger partial charge in [0, 0.05) is 19.1 Å². The van der Waals surface area contributed by atoms with Gasteiger partial charge in [-0.2, -0.15) is 13.2 Å². The number of alkyl halides is 3. The first-order chi connectivity index (χ1) is 15.5. The molecular formula is C24H26F3N3O3. The number of amides is 1. The van der Waals surface area contributed by atoms with Gasteiger partial charge in [0.1, 0.15) is 5.60 Å². The van der Waals surface area contributed by atoms with Gasteiger partial charge in [-0.25, -0.2) is 9.59 Å². The summed E-state index contributed by atoms with van der Waals surface area (Å²) >= 11 is 0. The third-order valence-corrected chi connectivity index (χ3v) is 5.73. The van der Waals surface area contributed by atoms with Crippen LogP contribution < -0.4 is 5.69 Å². The Kier molecular flexibility index (Phi) is 5.76. The molecule has 1 fully saturated rings. The van der Waals surface area contributed by atoms with Crippen molar-refractivity contribution >= 4 is 17.1 Å². The van der Waals surface area contributed by atoms with Gasteiger partial charge in [0.05, 0.1) is 16.6 Å². The Balaban J connectivity index is 1.75. The number of carbonyl (C=O) groups is 1. The minimum absolute atomic E-state index is 0.0227. The number of nitrogens with one attached hydrogen (secondary N) is 1. The number of fused-ring (bicyclic) bond motifs is 1. The molecule has 0 unspecified atom stereocenters. The highest BCUT2D eigenvalue weighted by Gasteiger charge is 2.39. The van der Waals surface area contributed by atoms with Gasteiger partial charge < -0.3 is 14.6 Å². The smallest absolute Gasteiger partial charge is 0.419 e. The zero-order valence-electron chi connectivity index (χ0n) is 18.7. The Bertz CT molecular complexity index is 1220. The highest BCUT2D eigenvalue weighted by atomic mass is 19.4. The molecule has 1 aliphatic heterocycles. The predicted octanol–water partition coefficient (Wildman–Crippen LogP) is 5.59. The number of benzene rings is 2. The Morgan fingerprint density at radius 3 is 2.24 bits per heavy atom. The van der Waals surface area contributed by atoms with E-state index in [0.29, 0.717) is 31.5 Å². The Labute approximate surface area is 189 Å². The fourth-order valence-electron chi connectivity index (χ4n) is 4.35. The SMILES string of the molecule is CC(C)(C)OC(=O)N1CCC(n2c(=O)[nH]c3ccc(-c4ccccc4)c(C(F)(F)F)c32)CC1. The number of piperidine rings is 1. The van der Waals surface area contributed by atoms with Crippen LogP contribution in [0.3, 0.4) is 0 Å². The van der Waals surface area contributed by atoms with Crippen LogP contribution >= 0.6 is 0 Å². The summed E-state index contributed by atoms with van der Waals surface area (Å²) in [5.74, 6) is 0. The summed E-state index contributed by atoms with van der Waals surface area (Å²) < 4.78 is 49.6. The number of aromatic amines is 1. The third-order valence-electron chi connectivity index (χ3n) is 5.73. The largest absolute Gasteiger partial charge is 0.444 e. The van der Waals surface area contributed by atoms with Gasteiger partial charge in [-0.3, -0.25) is 4.57 Å². The quantitative estimate of drug-likeness (QED) is 0.541. The molecule has 9 heteroatoms. The van der Waals surface area contributed by atoms with E-state index in [4.69, 9.17) is 4.74 Å². The van der Waals surface area contributed by atoms with E-state index in [2.05, 4.69) is 4.98 Å². The fourth-order valence-corrected chi connectivity index (χ4v) is 4.35. The zero-order valence-corrected chi connectivity index (χ0v) is 18.7. The lowest BCUT2D eigenvalue weighted by atomic mass is 9.97. The first-order valence-corrected chi connectivity index (χ1v) is 10.8. The number of rotatable bonds is 2. The van der Waals surface area contributed by atoms with E-state index < -0.39 is 35.2 Å². The summed E-state index contributed by atoms with van der Waals surface area (Å²) in [5, 5.41) is 0. The summed E-state index contributed by atoms with van der Waals surface area (Å²) in [4.78, 5) is 29.3. The van der Waals surface area contributed by atoms with E-state index in [0.717, 1.165) is 0 Å². The molecule has 0 saturated carbocycles. The molecule has 6 nitrogen and oxygen atoms in total. The second-order valence-electron chi connectivity index (χ2n) is 9.25. The number of nitrogens with zero attached hydrogens (tertiary/aromatic N) is 2. The molecule has 1 aliphatic rings. The molecule has 3 aromatic rings. The topological polar surface area (TPSA) is 67.3 Å². The van der Waals surface area contributed by atoms with E-state index in [1.165, 1.54) is 21.6 Å². The molecule has 1 saturated heterocycles. The normalized spacial score (nSPS) is 15.8. The first-order valence-electron chi connectivity index (χ1n) is 10.8. The van der Waals surface area contributed by atoms with Gasteiger partial charge in [0.2, 0.25) is 0 Å². The molecule has 176 valence electrons. The van der Waals surface area contributed by atoms with Crippen LogP contribution in [0.15, 0.2) is 47.3 Å². The minimum atomic E-state index is -4.67. The van der Waals surface area contributed by atoms with Crippen molar-refractivity contribution in [3.63, 3.8) is 0 Å². The first kappa shape index (κ1) is 22.9. The van der Waals surface area contributed by atoms with Crippen LogP contribution in [-0.2, 0) is 10.9 Å². The maximum absolute atomic E-state index is 14.3. The second kappa shape index (κ2) is 8.28. The molecule has 1 aromatic heterocycles. The number of halogens is 3. The monoisotopic (exact) mass is 461 g/mol. The average molecular weight is 461 g/mol. The minimum Gasteiger partial charge on any atom is -0.444 e. The number of likely N-dealkylation sites (tertiary alicyclic amines) is 1. The average Bonchev–Trinajstić information content (AvgIpc) is 3.07. The number of ether oxygens (including phenoxy) is 1. The Hall–Kier alpha value is -3.23. The van der Waals surface area contributed by atoms with Crippen molar-refractivity contribution in [2.75, 3.05) is 13.1 Å². The van der Waals surface area contributed by atoms with Crippen LogP contribution in [0.2, 0.25) is 0 Å². The highest BCUT2D eigenvalue weighted by Crippen LogP contribution is 2.42. The van der Waals surface area contributed by atoms with Gasteiger partial charge in [0.15, 0.2) is 0 Å². The highest BCUT2D eigenvalue weighted by molar-refractivity contribution is 5.88. The molecule has 0 aliphatic carbocycles. The zero-order chi connectivity index (χ0) is 24.0. The van der Waals surface area contributed by atoms with Crippen LogP contribution in [-0.4, -0.2) is 39.2 Å². The molecule has 1 N–H and O–H groups in total. The fraction of sp³-hybridized carbons (Fsp3) is 0.417. The predicted molar refractivity (Wildman–Crippen MR) is 119 cm³/mol. The Morgan fingerprint density at radius 2 is 1.67 bits per heavy atom. The maximum Gasteiger partial charge on any atom is 0.419 e. The maximum atomic E-state index is 14.3. The van der Waals surface area contributed by atoms with E-state index in [1.807, 2.05) is 0 Å². The number of hydrogen-bond acceptors (Lipinski definition) is 3. The van der Waals surface area contributed by atoms with Crippen LogP contribution in [0, 0.1) is 0 Å². The lowest BCUT2D eigenvalue weighted by Crippen LogP contribution is -2.43. The van der Waals surface area contributed by atoms with Crippen molar-refractivity contribution in [2.24, 2.45) is 0 Å². The summed E-state index contributed by atoms with van der Waals surface area (Å²) in [7, 11) is 0. The number of H-pyrrole nitrogens is 1. The van der Waals surface area contributed by atoms with Crippen LogP contribution in [0.25, 0.3) is 22.2 Å². The van der Waals surface area contributed by atoms with Gasteiger partial charge in [0.25, 0.3) is 0 Å². The van der Waals surface area contributed by atoms with Crippen molar-refractivity contribution in [3.8, 4) is 11.1 Å². The second-order valence-corrected chi connectivity index (χ2v) is 9.25. The van der Waals surface area contributed by atoms with Gasteiger partial charge >= 0.3 is 18.0 Å². The number of aromatic nitrogens is 2. The molecule has 2 aromatic carbocycles. The molecule has 1 amide bonds. The summed E-state index contributed by atoms with van der Waals surface area (Å²) in [6, 6.07) is 10.8. The van der Waals surface area contributed by atoms with Gasteiger partial charge in [-0.1, -0.05) is 36.4 Å². The van der Waals surface area contributed by atoms with Crippen molar-refractivity contribution in [1.29, 1.82) is 0 Å². The third kappa shape index (κ3) is 4.62. The summed E-state index contributed by atoms with van der Waals surface area (Å²) in [5.41, 5.74) is -1.63. The van der Waals surface area contributed by atoms with E-state index in [9.17, 15) is 22.8 Å². The van der Waals surface area contributed by atoms with Crippen LogP contribution in [0.1, 0.15) is 45.2 Å². The number of hydrogen-bond donors (Lipinski definition) is 1. The summed E-state index contributed by atoms with van der Waals surface area (Å²) in [6.45, 7) is 5.89. The van der Waals surface area contributed by atoms with Crippen LogP contribution in [0.4, 0.5) is 18.0 Å². The Morgan fingerprint density at radius 1 is 1.03 bits per heavy atom. The van der Waals surface area contributed by atoms with Crippen molar-refractivity contribution < 1.29 is 22.7 Å². The summed E-state index contributed by atoms with van der Waals surface area (Å²) in [6.07, 6.45) is -4.44. The molecule has 0 spiro atoms. The van der Waals surface area contributed by atoms with Crippen molar-refractivity contribution in [2.45, 2.75) is 51.4 Å². The number of imidazole rings is 1. The van der Waals surface area contributed by atoms with E-state index in [-0.39, 0.29) is 16.6 Å². The van der Waals surface area contributed by atoms with Gasteiger partial charge in [-0.15, -0.1) is 0 Å². The lowest BCUT2D eigenvalue weighted by Gasteiger charge is -2.34. The molecule has 0 atom stereocenters.